The molecule has 1 heterocycles. The van der Waals surface area contributed by atoms with E-state index in [1.165, 1.54) is 11.5 Å². The second-order valence-electron chi connectivity index (χ2n) is 4.89. The molecule has 0 fully saturated rings. The Balaban J connectivity index is 2.28. The number of rotatable bonds is 3. The van der Waals surface area contributed by atoms with Gasteiger partial charge >= 0.3 is 5.69 Å². The number of aromatic nitrogens is 2. The molecule has 0 aliphatic carbocycles. The topological polar surface area (TPSA) is 54.9 Å². The van der Waals surface area contributed by atoms with Crippen molar-refractivity contribution in [2.75, 3.05) is 0 Å². The van der Waals surface area contributed by atoms with E-state index in [2.05, 4.69) is 4.98 Å². The van der Waals surface area contributed by atoms with Gasteiger partial charge in [-0.15, -0.1) is 0 Å². The minimum atomic E-state index is -0.645. The highest BCUT2D eigenvalue weighted by molar-refractivity contribution is 6.31. The summed E-state index contributed by atoms with van der Waals surface area (Å²) in [5.74, 6) is -0.0980. The van der Waals surface area contributed by atoms with Gasteiger partial charge in [-0.2, -0.15) is 0 Å². The zero-order chi connectivity index (χ0) is 15.0. The average molecular weight is 301 g/mol. The predicted octanol–water partition coefficient (Wildman–Crippen LogP) is 3.16. The standard InChI is InChI=1S/C16H13ClN2O2/c1-10(20)15(11-5-3-2-4-6-11)19-14-8-7-12(17)9-13(14)18-16(19)21/h2-9,15H,1H3,(H,18,21). The molecule has 3 rings (SSSR count). The van der Waals surface area contributed by atoms with Crippen molar-refractivity contribution in [3.05, 3.63) is 69.6 Å². The van der Waals surface area contributed by atoms with Gasteiger partial charge in [-0.25, -0.2) is 4.79 Å². The van der Waals surface area contributed by atoms with E-state index in [1.54, 1.807) is 18.2 Å². The van der Waals surface area contributed by atoms with Gasteiger partial charge in [0.15, 0.2) is 5.78 Å². The number of nitrogens with zero attached hydrogens (tertiary/aromatic N) is 1. The molecule has 0 aliphatic heterocycles. The normalized spacial score (nSPS) is 12.5. The first-order chi connectivity index (χ1) is 10.1. The number of nitrogens with one attached hydrogen (secondary N) is 1. The maximum atomic E-state index is 12.3. The molecule has 1 aromatic heterocycles. The van der Waals surface area contributed by atoms with E-state index >= 15 is 0 Å². The van der Waals surface area contributed by atoms with Gasteiger partial charge in [0, 0.05) is 5.02 Å². The molecule has 0 saturated heterocycles. The van der Waals surface area contributed by atoms with Gasteiger partial charge in [0.25, 0.3) is 0 Å². The van der Waals surface area contributed by atoms with Crippen LogP contribution in [0.2, 0.25) is 5.02 Å². The van der Waals surface area contributed by atoms with Crippen molar-refractivity contribution in [1.29, 1.82) is 0 Å². The lowest BCUT2D eigenvalue weighted by Crippen LogP contribution is -2.27. The summed E-state index contributed by atoms with van der Waals surface area (Å²) in [6, 6.07) is 13.7. The third-order valence-electron chi connectivity index (χ3n) is 3.44. The molecule has 5 heteroatoms. The maximum Gasteiger partial charge on any atom is 0.327 e. The monoisotopic (exact) mass is 300 g/mol. The van der Waals surface area contributed by atoms with Crippen LogP contribution in [-0.2, 0) is 4.79 Å². The van der Waals surface area contributed by atoms with Gasteiger partial charge < -0.3 is 4.98 Å². The summed E-state index contributed by atoms with van der Waals surface area (Å²) in [6.45, 7) is 1.48. The Kier molecular flexibility index (Phi) is 3.39. The number of benzene rings is 2. The fourth-order valence-corrected chi connectivity index (χ4v) is 2.73. The number of H-pyrrole nitrogens is 1. The number of halogens is 1. The third kappa shape index (κ3) is 2.38. The zero-order valence-electron chi connectivity index (χ0n) is 11.3. The molecule has 2 aromatic carbocycles. The highest BCUT2D eigenvalue weighted by Crippen LogP contribution is 2.24. The average Bonchev–Trinajstić information content (AvgIpc) is 2.76. The number of ketones is 1. The molecular weight excluding hydrogens is 288 g/mol. The van der Waals surface area contributed by atoms with Crippen molar-refractivity contribution in [1.82, 2.24) is 9.55 Å². The molecule has 4 nitrogen and oxygen atoms in total. The van der Waals surface area contributed by atoms with Crippen molar-refractivity contribution in [2.24, 2.45) is 0 Å². The fraction of sp³-hybridized carbons (Fsp3) is 0.125. The van der Waals surface area contributed by atoms with Crippen LogP contribution in [-0.4, -0.2) is 15.3 Å². The first-order valence-electron chi connectivity index (χ1n) is 6.53. The quantitative estimate of drug-likeness (QED) is 0.808. The van der Waals surface area contributed by atoms with Crippen LogP contribution in [0.4, 0.5) is 0 Å². The Morgan fingerprint density at radius 1 is 1.19 bits per heavy atom. The smallest absolute Gasteiger partial charge is 0.305 e. The van der Waals surface area contributed by atoms with E-state index in [0.29, 0.717) is 16.1 Å². The second kappa shape index (κ2) is 5.22. The van der Waals surface area contributed by atoms with E-state index in [9.17, 15) is 9.59 Å². The van der Waals surface area contributed by atoms with Gasteiger partial charge in [-0.1, -0.05) is 41.9 Å². The van der Waals surface area contributed by atoms with Gasteiger partial charge in [-0.3, -0.25) is 9.36 Å². The lowest BCUT2D eigenvalue weighted by Gasteiger charge is -2.16. The van der Waals surface area contributed by atoms with Crippen LogP contribution in [0.1, 0.15) is 18.5 Å². The lowest BCUT2D eigenvalue weighted by molar-refractivity contribution is -0.119. The molecular formula is C16H13ClN2O2. The number of aromatic amines is 1. The Bertz CT molecular complexity index is 865. The Morgan fingerprint density at radius 2 is 1.90 bits per heavy atom. The molecule has 1 unspecified atom stereocenters. The van der Waals surface area contributed by atoms with Gasteiger partial charge in [0.05, 0.1) is 11.0 Å². The molecule has 0 bridgehead atoms. The Labute approximate surface area is 126 Å². The minimum absolute atomic E-state index is 0.0980. The Morgan fingerprint density at radius 3 is 2.57 bits per heavy atom. The molecule has 106 valence electrons. The molecule has 0 aliphatic rings. The summed E-state index contributed by atoms with van der Waals surface area (Å²) in [5.41, 5.74) is 1.74. The van der Waals surface area contributed by atoms with Crippen LogP contribution in [0.3, 0.4) is 0 Å². The van der Waals surface area contributed by atoms with Gasteiger partial charge in [-0.05, 0) is 30.7 Å². The number of fused-ring (bicyclic) bond motifs is 1. The van der Waals surface area contributed by atoms with Crippen LogP contribution in [0, 0.1) is 0 Å². The van der Waals surface area contributed by atoms with Crippen molar-refractivity contribution >= 4 is 28.4 Å². The SMILES string of the molecule is CC(=O)C(c1ccccc1)n1c(=O)[nH]c2cc(Cl)ccc21. The largest absolute Gasteiger partial charge is 0.327 e. The van der Waals surface area contributed by atoms with E-state index < -0.39 is 6.04 Å². The number of carbonyl (C=O) groups excluding carboxylic acids is 1. The van der Waals surface area contributed by atoms with Crippen molar-refractivity contribution in [2.45, 2.75) is 13.0 Å². The Hall–Kier alpha value is -2.33. The molecule has 0 radical (unpaired) electrons. The third-order valence-corrected chi connectivity index (χ3v) is 3.67. The number of carbonyl (C=O) groups is 1. The maximum absolute atomic E-state index is 12.3. The second-order valence-corrected chi connectivity index (χ2v) is 5.32. The molecule has 1 atom stereocenters. The van der Waals surface area contributed by atoms with Crippen LogP contribution >= 0.6 is 11.6 Å². The molecule has 0 amide bonds. The molecule has 3 aromatic rings. The molecule has 1 N–H and O–H groups in total. The van der Waals surface area contributed by atoms with Crippen LogP contribution in [0.15, 0.2) is 53.3 Å². The summed E-state index contributed by atoms with van der Waals surface area (Å²) >= 11 is 5.94. The van der Waals surface area contributed by atoms with Crippen LogP contribution in [0.5, 0.6) is 0 Å². The number of Topliss-reactive ketones (excluding diaryl/α,β-unsaturated/α-hetero) is 1. The summed E-state index contributed by atoms with van der Waals surface area (Å²) in [5, 5.41) is 0.537. The summed E-state index contributed by atoms with van der Waals surface area (Å²) in [7, 11) is 0. The van der Waals surface area contributed by atoms with Crippen LogP contribution in [0.25, 0.3) is 11.0 Å². The van der Waals surface area contributed by atoms with Gasteiger partial charge in [0.2, 0.25) is 0 Å². The number of hydrogen-bond acceptors (Lipinski definition) is 2. The highest BCUT2D eigenvalue weighted by Gasteiger charge is 2.23. The lowest BCUT2D eigenvalue weighted by atomic mass is 10.0. The molecule has 21 heavy (non-hydrogen) atoms. The highest BCUT2D eigenvalue weighted by atomic mass is 35.5. The van der Waals surface area contributed by atoms with E-state index in [1.807, 2.05) is 30.3 Å². The van der Waals surface area contributed by atoms with E-state index in [0.717, 1.165) is 5.56 Å². The number of imidazole rings is 1. The van der Waals surface area contributed by atoms with Crippen molar-refractivity contribution in [3.8, 4) is 0 Å². The molecule has 0 saturated carbocycles. The van der Waals surface area contributed by atoms with E-state index in [4.69, 9.17) is 11.6 Å². The zero-order valence-corrected chi connectivity index (χ0v) is 12.1. The first kappa shape index (κ1) is 13.6. The van der Waals surface area contributed by atoms with E-state index in [-0.39, 0.29) is 11.5 Å². The fourth-order valence-electron chi connectivity index (χ4n) is 2.56. The van der Waals surface area contributed by atoms with Crippen molar-refractivity contribution < 1.29 is 4.79 Å². The van der Waals surface area contributed by atoms with Gasteiger partial charge in [0.1, 0.15) is 6.04 Å². The summed E-state index contributed by atoms with van der Waals surface area (Å²) < 4.78 is 1.48. The molecule has 0 spiro atoms. The minimum Gasteiger partial charge on any atom is -0.305 e. The summed E-state index contributed by atoms with van der Waals surface area (Å²) in [6.07, 6.45) is 0. The van der Waals surface area contributed by atoms with Crippen molar-refractivity contribution in [3.63, 3.8) is 0 Å². The number of hydrogen-bond donors (Lipinski definition) is 1. The predicted molar refractivity (Wildman–Crippen MR) is 82.8 cm³/mol. The van der Waals surface area contributed by atoms with Crippen LogP contribution < -0.4 is 5.69 Å². The first-order valence-corrected chi connectivity index (χ1v) is 6.91. The summed E-state index contributed by atoms with van der Waals surface area (Å²) in [4.78, 5) is 27.1.